The zero-order chi connectivity index (χ0) is 13.5. The standard InChI is InChI=1S/C11H14ClN3O3.ClH/c12-9-5-8(6-10(7-9)15(17)18)11(16)14-4-2-1-3-13;/h5-7H,1-4,13H2,(H,14,16);1H. The van der Waals surface area contributed by atoms with Gasteiger partial charge < -0.3 is 11.1 Å². The van der Waals surface area contributed by atoms with Crippen molar-refractivity contribution in [1.29, 1.82) is 0 Å². The number of carbonyl (C=O) groups excluding carboxylic acids is 1. The van der Waals surface area contributed by atoms with E-state index < -0.39 is 4.92 Å². The van der Waals surface area contributed by atoms with Gasteiger partial charge in [0.05, 0.1) is 4.92 Å². The first-order chi connectivity index (χ1) is 8.54. The lowest BCUT2D eigenvalue weighted by molar-refractivity contribution is -0.384. The van der Waals surface area contributed by atoms with Crippen molar-refractivity contribution in [3.8, 4) is 0 Å². The highest BCUT2D eigenvalue weighted by molar-refractivity contribution is 6.31. The van der Waals surface area contributed by atoms with Gasteiger partial charge in [0.25, 0.3) is 11.6 Å². The highest BCUT2D eigenvalue weighted by Gasteiger charge is 2.13. The van der Waals surface area contributed by atoms with Gasteiger partial charge in [0.2, 0.25) is 0 Å². The lowest BCUT2D eigenvalue weighted by Gasteiger charge is -2.05. The van der Waals surface area contributed by atoms with Gasteiger partial charge in [-0.2, -0.15) is 0 Å². The zero-order valence-corrected chi connectivity index (χ0v) is 11.7. The molecule has 0 heterocycles. The number of rotatable bonds is 6. The Labute approximate surface area is 121 Å². The van der Waals surface area contributed by atoms with Crippen LogP contribution in [-0.4, -0.2) is 23.9 Å². The molecule has 1 aromatic rings. The Bertz CT molecular complexity index is 455. The summed E-state index contributed by atoms with van der Waals surface area (Å²) in [6.07, 6.45) is 1.58. The maximum Gasteiger partial charge on any atom is 0.271 e. The number of non-ortho nitro benzene ring substituents is 1. The molecule has 3 N–H and O–H groups in total. The van der Waals surface area contributed by atoms with Crippen LogP contribution in [0.1, 0.15) is 23.2 Å². The molecule has 0 aromatic heterocycles. The van der Waals surface area contributed by atoms with E-state index in [0.717, 1.165) is 12.8 Å². The fourth-order valence-corrected chi connectivity index (χ4v) is 1.61. The number of nitro benzene ring substituents is 1. The average Bonchev–Trinajstić information content (AvgIpc) is 2.33. The lowest BCUT2D eigenvalue weighted by Crippen LogP contribution is -2.24. The molecule has 0 radical (unpaired) electrons. The number of nitrogens with two attached hydrogens (primary N) is 1. The fraction of sp³-hybridized carbons (Fsp3) is 0.364. The number of amides is 1. The van der Waals surface area contributed by atoms with Gasteiger partial charge in [0.1, 0.15) is 0 Å². The van der Waals surface area contributed by atoms with Crippen LogP contribution >= 0.6 is 24.0 Å². The molecule has 1 rings (SSSR count). The summed E-state index contributed by atoms with van der Waals surface area (Å²) in [7, 11) is 0. The van der Waals surface area contributed by atoms with Crippen LogP contribution in [0, 0.1) is 10.1 Å². The molecule has 19 heavy (non-hydrogen) atoms. The first-order valence-electron chi connectivity index (χ1n) is 5.48. The summed E-state index contributed by atoms with van der Waals surface area (Å²) in [6.45, 7) is 1.05. The summed E-state index contributed by atoms with van der Waals surface area (Å²) in [5, 5.41) is 13.4. The molecule has 0 unspecified atom stereocenters. The molecule has 0 bridgehead atoms. The minimum absolute atomic E-state index is 0. The molecular formula is C11H15Cl2N3O3. The number of nitrogens with one attached hydrogen (secondary N) is 1. The zero-order valence-electron chi connectivity index (χ0n) is 10.1. The van der Waals surface area contributed by atoms with Crippen LogP contribution in [0.3, 0.4) is 0 Å². The molecule has 0 spiro atoms. The minimum atomic E-state index is -0.586. The average molecular weight is 308 g/mol. The van der Waals surface area contributed by atoms with Crippen LogP contribution in [0.15, 0.2) is 18.2 Å². The Hall–Kier alpha value is -1.37. The summed E-state index contributed by atoms with van der Waals surface area (Å²) in [5.74, 6) is -0.377. The highest BCUT2D eigenvalue weighted by Crippen LogP contribution is 2.20. The maximum absolute atomic E-state index is 11.7. The highest BCUT2D eigenvalue weighted by atomic mass is 35.5. The molecule has 1 aromatic carbocycles. The van der Waals surface area contributed by atoms with Crippen molar-refractivity contribution in [3.05, 3.63) is 38.9 Å². The summed E-state index contributed by atoms with van der Waals surface area (Å²) >= 11 is 5.72. The predicted octanol–water partition coefficient (Wildman–Crippen LogP) is 2.14. The topological polar surface area (TPSA) is 98.3 Å². The quantitative estimate of drug-likeness (QED) is 0.478. The Morgan fingerprint density at radius 1 is 1.37 bits per heavy atom. The second kappa shape index (κ2) is 8.68. The number of carbonyl (C=O) groups is 1. The fourth-order valence-electron chi connectivity index (χ4n) is 1.38. The smallest absolute Gasteiger partial charge is 0.271 e. The lowest BCUT2D eigenvalue weighted by atomic mass is 10.2. The van der Waals surface area contributed by atoms with E-state index in [1.54, 1.807) is 0 Å². The number of nitro groups is 1. The summed E-state index contributed by atoms with van der Waals surface area (Å²) in [4.78, 5) is 21.8. The number of unbranched alkanes of at least 4 members (excludes halogenated alkanes) is 1. The summed E-state index contributed by atoms with van der Waals surface area (Å²) in [5.41, 5.74) is 5.31. The Morgan fingerprint density at radius 3 is 2.63 bits per heavy atom. The van der Waals surface area contributed by atoms with Crippen LogP contribution in [0.25, 0.3) is 0 Å². The molecule has 1 amide bonds. The molecule has 6 nitrogen and oxygen atoms in total. The van der Waals surface area contributed by atoms with E-state index in [1.807, 2.05) is 0 Å². The van der Waals surface area contributed by atoms with Gasteiger partial charge in [-0.05, 0) is 25.5 Å². The van der Waals surface area contributed by atoms with Crippen molar-refractivity contribution in [2.45, 2.75) is 12.8 Å². The van der Waals surface area contributed by atoms with E-state index in [0.29, 0.717) is 13.1 Å². The predicted molar refractivity (Wildman–Crippen MR) is 76.0 cm³/mol. The summed E-state index contributed by atoms with van der Waals surface area (Å²) < 4.78 is 0. The Kier molecular flexibility index (Phi) is 8.06. The van der Waals surface area contributed by atoms with E-state index >= 15 is 0 Å². The molecule has 0 fully saturated rings. The van der Waals surface area contributed by atoms with E-state index in [1.165, 1.54) is 18.2 Å². The van der Waals surface area contributed by atoms with E-state index in [2.05, 4.69) is 5.32 Å². The first-order valence-corrected chi connectivity index (χ1v) is 5.85. The van der Waals surface area contributed by atoms with E-state index in [9.17, 15) is 14.9 Å². The second-order valence-corrected chi connectivity index (χ2v) is 4.14. The van der Waals surface area contributed by atoms with Crippen LogP contribution < -0.4 is 11.1 Å². The van der Waals surface area contributed by atoms with E-state index in [4.69, 9.17) is 17.3 Å². The summed E-state index contributed by atoms with van der Waals surface area (Å²) in [6, 6.07) is 3.80. The van der Waals surface area contributed by atoms with Crippen molar-refractivity contribution < 1.29 is 9.72 Å². The molecule has 0 saturated heterocycles. The number of hydrogen-bond donors (Lipinski definition) is 2. The first kappa shape index (κ1) is 17.6. The van der Waals surface area contributed by atoms with Crippen LogP contribution in [0.4, 0.5) is 5.69 Å². The third-order valence-electron chi connectivity index (χ3n) is 2.27. The van der Waals surface area contributed by atoms with Crippen LogP contribution in [0.5, 0.6) is 0 Å². The van der Waals surface area contributed by atoms with Gasteiger partial charge in [0.15, 0.2) is 0 Å². The molecule has 0 saturated carbocycles. The number of benzene rings is 1. The second-order valence-electron chi connectivity index (χ2n) is 3.71. The van der Waals surface area contributed by atoms with Crippen LogP contribution in [-0.2, 0) is 0 Å². The van der Waals surface area contributed by atoms with Gasteiger partial charge in [-0.3, -0.25) is 14.9 Å². The van der Waals surface area contributed by atoms with Gasteiger partial charge in [-0.25, -0.2) is 0 Å². The van der Waals surface area contributed by atoms with Crippen molar-refractivity contribution in [2.75, 3.05) is 13.1 Å². The minimum Gasteiger partial charge on any atom is -0.352 e. The molecule has 106 valence electrons. The molecule has 0 aliphatic carbocycles. The van der Waals surface area contributed by atoms with Crippen molar-refractivity contribution >= 4 is 35.6 Å². The molecular weight excluding hydrogens is 293 g/mol. The van der Waals surface area contributed by atoms with E-state index in [-0.39, 0.29) is 34.6 Å². The number of halogens is 2. The largest absolute Gasteiger partial charge is 0.352 e. The molecule has 0 aliphatic heterocycles. The van der Waals surface area contributed by atoms with Gasteiger partial charge in [0, 0.05) is 29.3 Å². The normalized spacial score (nSPS) is 9.58. The van der Waals surface area contributed by atoms with Gasteiger partial charge in [-0.1, -0.05) is 11.6 Å². The number of nitrogens with zero attached hydrogens (tertiary/aromatic N) is 1. The van der Waals surface area contributed by atoms with Crippen molar-refractivity contribution in [1.82, 2.24) is 5.32 Å². The van der Waals surface area contributed by atoms with Crippen molar-refractivity contribution in [2.24, 2.45) is 5.73 Å². The third kappa shape index (κ3) is 5.87. The third-order valence-corrected chi connectivity index (χ3v) is 2.49. The van der Waals surface area contributed by atoms with Gasteiger partial charge >= 0.3 is 0 Å². The molecule has 8 heteroatoms. The maximum atomic E-state index is 11.7. The van der Waals surface area contributed by atoms with Gasteiger partial charge in [-0.15, -0.1) is 12.4 Å². The van der Waals surface area contributed by atoms with Crippen LogP contribution in [0.2, 0.25) is 5.02 Å². The Morgan fingerprint density at radius 2 is 2.05 bits per heavy atom. The molecule has 0 atom stereocenters. The van der Waals surface area contributed by atoms with Crippen molar-refractivity contribution in [3.63, 3.8) is 0 Å². The molecule has 0 aliphatic rings. The number of hydrogen-bond acceptors (Lipinski definition) is 4. The monoisotopic (exact) mass is 307 g/mol. The Balaban J connectivity index is 0.00000324. The SMILES string of the molecule is Cl.NCCCCNC(=O)c1cc(Cl)cc([N+](=O)[O-])c1.